The van der Waals surface area contributed by atoms with E-state index in [4.69, 9.17) is 4.74 Å². The van der Waals surface area contributed by atoms with Crippen LogP contribution in [0.3, 0.4) is 0 Å². The summed E-state index contributed by atoms with van der Waals surface area (Å²) in [4.78, 5) is 10.9. The second-order valence-electron chi connectivity index (χ2n) is 4.48. The van der Waals surface area contributed by atoms with Crippen LogP contribution in [0.2, 0.25) is 0 Å². The van der Waals surface area contributed by atoms with Crippen LogP contribution in [0.1, 0.15) is 40.0 Å². The van der Waals surface area contributed by atoms with Crippen molar-refractivity contribution in [2.75, 3.05) is 6.61 Å². The van der Waals surface area contributed by atoms with Gasteiger partial charge in [0.05, 0.1) is 13.0 Å². The molecule has 0 spiro atoms. The molecule has 0 saturated carbocycles. The van der Waals surface area contributed by atoms with Gasteiger partial charge in [0, 0.05) is 5.92 Å². The molecule has 1 aliphatic heterocycles. The fourth-order valence-electron chi connectivity index (χ4n) is 1.77. The largest absolute Gasteiger partial charge is 0.465 e. The Labute approximate surface area is 86.3 Å². The van der Waals surface area contributed by atoms with Gasteiger partial charge in [-0.05, 0) is 32.6 Å². The van der Waals surface area contributed by atoms with Crippen molar-refractivity contribution in [2.45, 2.75) is 40.0 Å². The zero-order chi connectivity index (χ0) is 10.6. The minimum atomic E-state index is -0.0240. The van der Waals surface area contributed by atoms with Gasteiger partial charge >= 0.3 is 5.97 Å². The lowest BCUT2D eigenvalue weighted by Gasteiger charge is -2.14. The molecule has 0 N–H and O–H groups in total. The van der Waals surface area contributed by atoms with Crippen LogP contribution in [0.25, 0.3) is 0 Å². The Bertz CT molecular complexity index is 226. The number of allylic oxidation sites excluding steroid dienone is 2. The van der Waals surface area contributed by atoms with Crippen LogP contribution >= 0.6 is 0 Å². The number of hydrogen-bond donors (Lipinski definition) is 0. The maximum Gasteiger partial charge on any atom is 0.306 e. The molecule has 2 heteroatoms. The quantitative estimate of drug-likeness (QED) is 0.510. The van der Waals surface area contributed by atoms with E-state index in [0.717, 1.165) is 12.8 Å². The maximum atomic E-state index is 10.9. The van der Waals surface area contributed by atoms with Crippen molar-refractivity contribution < 1.29 is 9.53 Å². The van der Waals surface area contributed by atoms with Crippen molar-refractivity contribution in [1.29, 1.82) is 0 Å². The second-order valence-corrected chi connectivity index (χ2v) is 4.48. The first-order valence-corrected chi connectivity index (χ1v) is 5.38. The van der Waals surface area contributed by atoms with Crippen molar-refractivity contribution in [1.82, 2.24) is 0 Å². The van der Waals surface area contributed by atoms with E-state index in [1.54, 1.807) is 0 Å². The molecule has 0 amide bonds. The fraction of sp³-hybridized carbons (Fsp3) is 0.750. The van der Waals surface area contributed by atoms with Crippen LogP contribution in [0.4, 0.5) is 0 Å². The topological polar surface area (TPSA) is 26.3 Å². The molecule has 1 rings (SSSR count). The first-order valence-electron chi connectivity index (χ1n) is 5.38. The summed E-state index contributed by atoms with van der Waals surface area (Å²) in [6.07, 6.45) is 5.16. The molecule has 1 heterocycles. The Balaban J connectivity index is 2.25. The molecular formula is C12H20O2. The van der Waals surface area contributed by atoms with E-state index in [1.807, 2.05) is 0 Å². The minimum Gasteiger partial charge on any atom is -0.465 e. The number of rotatable bonds is 4. The third-order valence-electron chi connectivity index (χ3n) is 2.87. The average molecular weight is 196 g/mol. The molecule has 1 saturated heterocycles. The summed E-state index contributed by atoms with van der Waals surface area (Å²) in [7, 11) is 0. The van der Waals surface area contributed by atoms with E-state index < -0.39 is 0 Å². The number of ether oxygens (including phenoxy) is 1. The highest BCUT2D eigenvalue weighted by atomic mass is 16.5. The fourth-order valence-corrected chi connectivity index (χ4v) is 1.77. The second kappa shape index (κ2) is 5.18. The van der Waals surface area contributed by atoms with Gasteiger partial charge in [0.25, 0.3) is 0 Å². The van der Waals surface area contributed by atoms with Gasteiger partial charge in [-0.25, -0.2) is 0 Å². The van der Waals surface area contributed by atoms with E-state index in [2.05, 4.69) is 26.8 Å². The summed E-state index contributed by atoms with van der Waals surface area (Å²) < 4.78 is 4.96. The van der Waals surface area contributed by atoms with E-state index >= 15 is 0 Å². The molecule has 2 unspecified atom stereocenters. The molecule has 0 radical (unpaired) electrons. The first kappa shape index (κ1) is 11.3. The Morgan fingerprint density at radius 2 is 2.36 bits per heavy atom. The van der Waals surface area contributed by atoms with Crippen molar-refractivity contribution in [2.24, 2.45) is 11.8 Å². The van der Waals surface area contributed by atoms with Crippen LogP contribution < -0.4 is 0 Å². The average Bonchev–Trinajstić information content (AvgIpc) is 2.51. The Morgan fingerprint density at radius 3 is 2.86 bits per heavy atom. The van der Waals surface area contributed by atoms with E-state index in [0.29, 0.717) is 24.9 Å². The monoisotopic (exact) mass is 196 g/mol. The molecule has 0 aromatic rings. The number of carbonyl (C=O) groups excluding carboxylic acids is 1. The van der Waals surface area contributed by atoms with Gasteiger partial charge in [-0.3, -0.25) is 4.79 Å². The molecule has 0 bridgehead atoms. The predicted molar refractivity (Wildman–Crippen MR) is 56.9 cm³/mol. The molecule has 1 aliphatic rings. The third kappa shape index (κ3) is 3.52. The van der Waals surface area contributed by atoms with Crippen molar-refractivity contribution in [3.63, 3.8) is 0 Å². The van der Waals surface area contributed by atoms with E-state index in [-0.39, 0.29) is 5.97 Å². The molecule has 0 aliphatic carbocycles. The van der Waals surface area contributed by atoms with Crippen molar-refractivity contribution in [3.8, 4) is 0 Å². The summed E-state index contributed by atoms with van der Waals surface area (Å²) in [5.74, 6) is 1.02. The summed E-state index contributed by atoms with van der Waals surface area (Å²) in [5.41, 5.74) is 1.37. The standard InChI is InChI=1S/C12H20O2/c1-9(2)5-4-6-10(3)11-7-12(13)14-8-11/h5,10-11H,4,6-8H2,1-3H3. The van der Waals surface area contributed by atoms with Crippen molar-refractivity contribution in [3.05, 3.63) is 11.6 Å². The lowest BCUT2D eigenvalue weighted by atomic mass is 9.89. The molecule has 80 valence electrons. The van der Waals surface area contributed by atoms with Gasteiger partial charge in [-0.2, -0.15) is 0 Å². The molecule has 0 aromatic carbocycles. The van der Waals surface area contributed by atoms with Gasteiger partial charge in [0.2, 0.25) is 0 Å². The molecule has 1 fully saturated rings. The summed E-state index contributed by atoms with van der Waals surface area (Å²) in [6.45, 7) is 7.08. The summed E-state index contributed by atoms with van der Waals surface area (Å²) >= 11 is 0. The number of esters is 1. The SMILES string of the molecule is CC(C)=CCCC(C)C1COC(=O)C1. The van der Waals surface area contributed by atoms with Gasteiger partial charge in [0.15, 0.2) is 0 Å². The minimum absolute atomic E-state index is 0.0240. The normalized spacial score (nSPS) is 23.1. The highest BCUT2D eigenvalue weighted by Gasteiger charge is 2.27. The lowest BCUT2D eigenvalue weighted by molar-refractivity contribution is -0.137. The Hall–Kier alpha value is -0.790. The van der Waals surface area contributed by atoms with Gasteiger partial charge < -0.3 is 4.74 Å². The zero-order valence-corrected chi connectivity index (χ0v) is 9.38. The molecule has 2 nitrogen and oxygen atoms in total. The highest BCUT2D eigenvalue weighted by molar-refractivity contribution is 5.71. The summed E-state index contributed by atoms with van der Waals surface area (Å²) in [6, 6.07) is 0. The molecule has 0 aromatic heterocycles. The number of carbonyl (C=O) groups is 1. The smallest absolute Gasteiger partial charge is 0.306 e. The van der Waals surface area contributed by atoms with Gasteiger partial charge in [-0.1, -0.05) is 18.6 Å². The predicted octanol–water partition coefficient (Wildman–Crippen LogP) is 2.93. The Kier molecular flexibility index (Phi) is 4.18. The number of cyclic esters (lactones) is 1. The molecular weight excluding hydrogens is 176 g/mol. The molecule has 14 heavy (non-hydrogen) atoms. The van der Waals surface area contributed by atoms with Gasteiger partial charge in [0.1, 0.15) is 0 Å². The Morgan fingerprint density at radius 1 is 1.64 bits per heavy atom. The van der Waals surface area contributed by atoms with Crippen LogP contribution in [-0.4, -0.2) is 12.6 Å². The van der Waals surface area contributed by atoms with E-state index in [1.165, 1.54) is 5.57 Å². The van der Waals surface area contributed by atoms with Crippen LogP contribution in [-0.2, 0) is 9.53 Å². The maximum absolute atomic E-state index is 10.9. The lowest BCUT2D eigenvalue weighted by Crippen LogP contribution is -2.11. The van der Waals surface area contributed by atoms with Crippen LogP contribution in [0, 0.1) is 11.8 Å². The number of hydrogen-bond acceptors (Lipinski definition) is 2. The first-order chi connectivity index (χ1) is 6.59. The van der Waals surface area contributed by atoms with E-state index in [9.17, 15) is 4.79 Å². The third-order valence-corrected chi connectivity index (χ3v) is 2.87. The summed E-state index contributed by atoms with van der Waals surface area (Å²) in [5, 5.41) is 0. The highest BCUT2D eigenvalue weighted by Crippen LogP contribution is 2.26. The van der Waals surface area contributed by atoms with Crippen LogP contribution in [0.5, 0.6) is 0 Å². The van der Waals surface area contributed by atoms with Crippen molar-refractivity contribution >= 4 is 5.97 Å². The van der Waals surface area contributed by atoms with Crippen LogP contribution in [0.15, 0.2) is 11.6 Å². The zero-order valence-electron chi connectivity index (χ0n) is 9.38. The van der Waals surface area contributed by atoms with Gasteiger partial charge in [-0.15, -0.1) is 0 Å². The molecule has 2 atom stereocenters.